The number of hydrogen-bond acceptors (Lipinski definition) is 4. The minimum atomic E-state index is -0.467. The summed E-state index contributed by atoms with van der Waals surface area (Å²) in [5.74, 6) is 0.532. The molecule has 0 aliphatic rings. The van der Waals surface area contributed by atoms with Crippen LogP contribution in [0.3, 0.4) is 0 Å². The van der Waals surface area contributed by atoms with Gasteiger partial charge in [-0.25, -0.2) is 9.67 Å². The molecule has 0 saturated carbocycles. The number of benzene rings is 1. The smallest absolute Gasteiger partial charge is 0.225 e. The molecule has 8 nitrogen and oxygen atoms in total. The summed E-state index contributed by atoms with van der Waals surface area (Å²) in [4.78, 5) is 30.6. The largest absolute Gasteiger partial charge is 0.369 e. The molecule has 0 aliphatic carbocycles. The minimum Gasteiger partial charge on any atom is -0.369 e. The summed E-state index contributed by atoms with van der Waals surface area (Å²) < 4.78 is 1.76. The van der Waals surface area contributed by atoms with Gasteiger partial charge in [0.25, 0.3) is 0 Å². The molecule has 0 unspecified atom stereocenters. The van der Waals surface area contributed by atoms with Crippen LogP contribution in [0.25, 0.3) is 22.4 Å². The minimum absolute atomic E-state index is 0.00213. The fourth-order valence-corrected chi connectivity index (χ4v) is 3.33. The van der Waals surface area contributed by atoms with Crippen LogP contribution in [0.2, 0.25) is 0 Å². The second-order valence-electron chi connectivity index (χ2n) is 6.64. The number of nitrogens with one attached hydrogen (secondary N) is 2. The molecule has 2 heterocycles. The van der Waals surface area contributed by atoms with E-state index in [9.17, 15) is 9.59 Å². The fourth-order valence-electron chi connectivity index (χ4n) is 3.33. The Kier molecular flexibility index (Phi) is 5.25. The zero-order valence-electron chi connectivity index (χ0n) is 15.7. The fraction of sp³-hybridized carbons (Fsp3) is 0.368. The first-order valence-electron chi connectivity index (χ1n) is 8.98. The van der Waals surface area contributed by atoms with Crippen LogP contribution in [0.1, 0.15) is 32.2 Å². The number of primary amides is 1. The molecule has 0 aliphatic heterocycles. The Morgan fingerprint density at radius 2 is 2.07 bits per heavy atom. The van der Waals surface area contributed by atoms with Gasteiger partial charge in [0.15, 0.2) is 11.6 Å². The molecule has 0 spiro atoms. The number of hydrogen-bond donors (Lipinski definition) is 3. The lowest BCUT2D eigenvalue weighted by atomic mass is 10.0. The molecular formula is C19H24N6O2. The Balaban J connectivity index is 2.11. The number of carbonyl (C=O) groups excluding carboxylic acids is 2. The lowest BCUT2D eigenvalue weighted by Gasteiger charge is -2.13. The maximum Gasteiger partial charge on any atom is 0.225 e. The molecule has 27 heavy (non-hydrogen) atoms. The molecule has 1 atom stereocenters. The third kappa shape index (κ3) is 3.99. The van der Waals surface area contributed by atoms with Crippen LogP contribution in [-0.4, -0.2) is 37.6 Å². The molecule has 3 rings (SSSR count). The van der Waals surface area contributed by atoms with Crippen molar-refractivity contribution in [2.24, 2.45) is 5.73 Å². The summed E-state index contributed by atoms with van der Waals surface area (Å²) in [5, 5.41) is 8.40. The SMILES string of the molecule is CCn1nc(CC(N)=O)nc1-c1[nH]c2ccccc2c1C[C@@H](C)NC(C)=O. The summed E-state index contributed by atoms with van der Waals surface area (Å²) in [7, 11) is 0. The zero-order chi connectivity index (χ0) is 19.6. The van der Waals surface area contributed by atoms with Crippen LogP contribution in [0, 0.1) is 0 Å². The molecule has 0 bridgehead atoms. The van der Waals surface area contributed by atoms with Crippen molar-refractivity contribution in [3.8, 4) is 11.5 Å². The van der Waals surface area contributed by atoms with Crippen LogP contribution in [-0.2, 0) is 29.0 Å². The van der Waals surface area contributed by atoms with Gasteiger partial charge in [0, 0.05) is 30.4 Å². The van der Waals surface area contributed by atoms with Crippen molar-refractivity contribution in [2.75, 3.05) is 0 Å². The van der Waals surface area contributed by atoms with Gasteiger partial charge in [-0.3, -0.25) is 9.59 Å². The normalized spacial score (nSPS) is 12.3. The number of aromatic nitrogens is 4. The number of aryl methyl sites for hydroxylation is 1. The lowest BCUT2D eigenvalue weighted by Crippen LogP contribution is -2.32. The Morgan fingerprint density at radius 3 is 2.74 bits per heavy atom. The van der Waals surface area contributed by atoms with Gasteiger partial charge >= 0.3 is 0 Å². The first kappa shape index (κ1) is 18.6. The average molecular weight is 368 g/mol. The van der Waals surface area contributed by atoms with Crippen molar-refractivity contribution in [3.05, 3.63) is 35.7 Å². The number of para-hydroxylation sites is 1. The van der Waals surface area contributed by atoms with Crippen LogP contribution >= 0.6 is 0 Å². The molecule has 3 aromatic rings. The summed E-state index contributed by atoms with van der Waals surface area (Å²) in [6.07, 6.45) is 0.637. The van der Waals surface area contributed by atoms with Crippen molar-refractivity contribution in [1.29, 1.82) is 0 Å². The molecule has 142 valence electrons. The van der Waals surface area contributed by atoms with E-state index in [1.807, 2.05) is 38.1 Å². The first-order chi connectivity index (χ1) is 12.9. The number of nitrogens with zero attached hydrogens (tertiary/aromatic N) is 3. The number of aromatic amines is 1. The number of amides is 2. The molecular weight excluding hydrogens is 344 g/mol. The Hall–Kier alpha value is -3.16. The van der Waals surface area contributed by atoms with Crippen LogP contribution in [0.15, 0.2) is 24.3 Å². The molecule has 0 radical (unpaired) electrons. The van der Waals surface area contributed by atoms with E-state index in [0.717, 1.165) is 22.2 Å². The Bertz CT molecular complexity index is 987. The van der Waals surface area contributed by atoms with E-state index in [2.05, 4.69) is 20.4 Å². The van der Waals surface area contributed by atoms with Crippen LogP contribution in [0.4, 0.5) is 0 Å². The third-order valence-corrected chi connectivity index (χ3v) is 4.34. The van der Waals surface area contributed by atoms with Gasteiger partial charge in [-0.15, -0.1) is 0 Å². The highest BCUT2D eigenvalue weighted by atomic mass is 16.1. The number of fused-ring (bicyclic) bond motifs is 1. The van der Waals surface area contributed by atoms with Crippen molar-refractivity contribution in [3.63, 3.8) is 0 Å². The molecule has 4 N–H and O–H groups in total. The zero-order valence-corrected chi connectivity index (χ0v) is 15.7. The van der Waals surface area contributed by atoms with E-state index in [-0.39, 0.29) is 18.4 Å². The van der Waals surface area contributed by atoms with E-state index in [0.29, 0.717) is 24.6 Å². The average Bonchev–Trinajstić information content (AvgIpc) is 3.15. The van der Waals surface area contributed by atoms with E-state index in [4.69, 9.17) is 5.73 Å². The summed E-state index contributed by atoms with van der Waals surface area (Å²) >= 11 is 0. The number of H-pyrrole nitrogens is 1. The third-order valence-electron chi connectivity index (χ3n) is 4.34. The van der Waals surface area contributed by atoms with Crippen molar-refractivity contribution < 1.29 is 9.59 Å². The molecule has 0 fully saturated rings. The van der Waals surface area contributed by atoms with Gasteiger partial charge in [0.1, 0.15) is 0 Å². The number of nitrogens with two attached hydrogens (primary N) is 1. The van der Waals surface area contributed by atoms with E-state index < -0.39 is 5.91 Å². The lowest BCUT2D eigenvalue weighted by molar-refractivity contribution is -0.119. The van der Waals surface area contributed by atoms with Crippen molar-refractivity contribution >= 4 is 22.7 Å². The maximum absolute atomic E-state index is 11.4. The van der Waals surface area contributed by atoms with Gasteiger partial charge in [-0.05, 0) is 31.9 Å². The van der Waals surface area contributed by atoms with Crippen LogP contribution < -0.4 is 11.1 Å². The summed E-state index contributed by atoms with van der Waals surface area (Å²) in [6, 6.07) is 7.95. The Morgan fingerprint density at radius 1 is 1.33 bits per heavy atom. The number of rotatable bonds is 7. The predicted octanol–water partition coefficient (Wildman–Crippen LogP) is 1.54. The first-order valence-corrected chi connectivity index (χ1v) is 8.98. The van der Waals surface area contributed by atoms with Gasteiger partial charge in [0.2, 0.25) is 11.8 Å². The number of carbonyl (C=O) groups is 2. The van der Waals surface area contributed by atoms with Gasteiger partial charge in [-0.2, -0.15) is 5.10 Å². The van der Waals surface area contributed by atoms with Crippen molar-refractivity contribution in [2.45, 2.75) is 46.2 Å². The standard InChI is InChI=1S/C19H24N6O2/c1-4-25-19(23-17(24-25)10-16(20)27)18-14(9-11(2)21-12(3)26)13-7-5-6-8-15(13)22-18/h5-8,11,22H,4,9-10H2,1-3H3,(H2,20,27)(H,21,26)/t11-/m1/s1. The molecule has 2 amide bonds. The molecule has 8 heteroatoms. The monoisotopic (exact) mass is 368 g/mol. The van der Waals surface area contributed by atoms with Crippen molar-refractivity contribution in [1.82, 2.24) is 25.1 Å². The van der Waals surface area contributed by atoms with E-state index in [1.165, 1.54) is 6.92 Å². The van der Waals surface area contributed by atoms with Crippen LogP contribution in [0.5, 0.6) is 0 Å². The maximum atomic E-state index is 11.4. The Labute approximate surface area is 157 Å². The molecule has 1 aromatic carbocycles. The highest BCUT2D eigenvalue weighted by Crippen LogP contribution is 2.30. The molecule has 2 aromatic heterocycles. The van der Waals surface area contributed by atoms with E-state index >= 15 is 0 Å². The summed E-state index contributed by atoms with van der Waals surface area (Å²) in [6.45, 7) is 6.05. The van der Waals surface area contributed by atoms with E-state index in [1.54, 1.807) is 4.68 Å². The quantitative estimate of drug-likeness (QED) is 0.586. The molecule has 0 saturated heterocycles. The predicted molar refractivity (Wildman–Crippen MR) is 103 cm³/mol. The summed E-state index contributed by atoms with van der Waals surface area (Å²) in [5.41, 5.74) is 8.18. The van der Waals surface area contributed by atoms with Gasteiger partial charge in [-0.1, -0.05) is 18.2 Å². The highest BCUT2D eigenvalue weighted by Gasteiger charge is 2.21. The van der Waals surface area contributed by atoms with Gasteiger partial charge in [0.05, 0.1) is 12.1 Å². The second kappa shape index (κ2) is 7.61. The second-order valence-corrected chi connectivity index (χ2v) is 6.64. The highest BCUT2D eigenvalue weighted by molar-refractivity contribution is 5.90. The topological polar surface area (TPSA) is 119 Å². The van der Waals surface area contributed by atoms with Gasteiger partial charge < -0.3 is 16.0 Å².